The highest BCUT2D eigenvalue weighted by Gasteiger charge is 2.14. The van der Waals surface area contributed by atoms with Crippen LogP contribution in [0.3, 0.4) is 0 Å². The molecule has 1 amide bonds. The number of hydrogen-bond acceptors (Lipinski definition) is 4. The van der Waals surface area contributed by atoms with Gasteiger partial charge in [-0.3, -0.25) is 4.79 Å². The molecular weight excluding hydrogens is 426 g/mol. The van der Waals surface area contributed by atoms with Crippen LogP contribution in [0.2, 0.25) is 5.02 Å². The lowest BCUT2D eigenvalue weighted by Gasteiger charge is -2.10. The van der Waals surface area contributed by atoms with Crippen LogP contribution in [0.15, 0.2) is 54.6 Å². The average Bonchev–Trinajstić information content (AvgIpc) is 3.23. The molecule has 2 N–H and O–H groups in total. The lowest BCUT2D eigenvalue weighted by Crippen LogP contribution is -2.11. The Morgan fingerprint density at radius 2 is 1.75 bits per heavy atom. The van der Waals surface area contributed by atoms with Gasteiger partial charge in [0.15, 0.2) is 11.5 Å². The van der Waals surface area contributed by atoms with Gasteiger partial charge in [-0.15, -0.1) is 0 Å². The maximum Gasteiger partial charge on any atom is 0.255 e. The molecule has 0 bridgehead atoms. The van der Waals surface area contributed by atoms with Gasteiger partial charge >= 0.3 is 0 Å². The molecule has 32 heavy (non-hydrogen) atoms. The Labute approximate surface area is 192 Å². The van der Waals surface area contributed by atoms with E-state index in [1.807, 2.05) is 45.0 Å². The zero-order valence-electron chi connectivity index (χ0n) is 18.7. The smallest absolute Gasteiger partial charge is 0.255 e. The fourth-order valence-corrected chi connectivity index (χ4v) is 3.63. The number of amides is 1. The van der Waals surface area contributed by atoms with Crippen molar-refractivity contribution in [3.8, 4) is 22.9 Å². The fourth-order valence-electron chi connectivity index (χ4n) is 3.32. The topological polar surface area (TPSA) is 76.2 Å². The van der Waals surface area contributed by atoms with Crippen molar-refractivity contribution in [1.82, 2.24) is 9.97 Å². The van der Waals surface area contributed by atoms with Crippen molar-refractivity contribution in [1.29, 1.82) is 0 Å². The predicted molar refractivity (Wildman–Crippen MR) is 130 cm³/mol. The van der Waals surface area contributed by atoms with E-state index in [0.29, 0.717) is 33.6 Å². The molecule has 1 aromatic heterocycles. The summed E-state index contributed by atoms with van der Waals surface area (Å²) in [6.45, 7) is 5.98. The molecule has 0 aliphatic heterocycles. The van der Waals surface area contributed by atoms with Gasteiger partial charge in [0, 0.05) is 22.9 Å². The molecular formula is C25H26ClN3O3. The minimum atomic E-state index is -0.241. The highest BCUT2D eigenvalue weighted by Crippen LogP contribution is 2.32. The van der Waals surface area contributed by atoms with Gasteiger partial charge in [0.1, 0.15) is 5.82 Å². The summed E-state index contributed by atoms with van der Waals surface area (Å²) in [6.07, 6.45) is 0. The molecule has 0 radical (unpaired) electrons. The molecule has 4 rings (SSSR count). The molecule has 0 fully saturated rings. The number of rotatable bonds is 5. The number of nitrogens with one attached hydrogen (secondary N) is 2. The molecule has 0 spiro atoms. The van der Waals surface area contributed by atoms with Crippen LogP contribution in [0.4, 0.5) is 5.69 Å². The standard InChI is InChI=1S/C23H20ClN3O3.C2H6/c1-13-5-4-6-16(24)21(13)22-26-17-9-7-14(11-18(17)27-22)23(28)25-15-8-10-19(29-2)20(12-15)30-3;1-2/h4-12H,1-3H3,(H,25,28)(H,26,27);1-2H3. The van der Waals surface area contributed by atoms with Crippen LogP contribution >= 0.6 is 11.6 Å². The van der Waals surface area contributed by atoms with E-state index in [2.05, 4.69) is 15.3 Å². The minimum Gasteiger partial charge on any atom is -0.493 e. The van der Waals surface area contributed by atoms with E-state index in [-0.39, 0.29) is 5.91 Å². The molecule has 7 heteroatoms. The van der Waals surface area contributed by atoms with E-state index >= 15 is 0 Å². The van der Waals surface area contributed by atoms with Gasteiger partial charge in [-0.05, 0) is 48.9 Å². The summed E-state index contributed by atoms with van der Waals surface area (Å²) >= 11 is 6.37. The van der Waals surface area contributed by atoms with Crippen LogP contribution in [-0.4, -0.2) is 30.1 Å². The van der Waals surface area contributed by atoms with Gasteiger partial charge in [-0.2, -0.15) is 0 Å². The Morgan fingerprint density at radius 1 is 1.00 bits per heavy atom. The largest absolute Gasteiger partial charge is 0.493 e. The normalized spacial score (nSPS) is 10.3. The first-order chi connectivity index (χ1) is 15.5. The quantitative estimate of drug-likeness (QED) is 0.363. The lowest BCUT2D eigenvalue weighted by atomic mass is 10.1. The molecule has 3 aromatic carbocycles. The SMILES string of the molecule is CC.COc1ccc(NC(=O)c2ccc3nc(-c4c(C)cccc4Cl)[nH]c3c2)cc1OC. The number of ether oxygens (including phenoxy) is 2. The van der Waals surface area contributed by atoms with Crippen LogP contribution < -0.4 is 14.8 Å². The van der Waals surface area contributed by atoms with Crippen LogP contribution in [0.5, 0.6) is 11.5 Å². The third-order valence-corrected chi connectivity index (χ3v) is 5.16. The first kappa shape index (κ1) is 23.2. The number of benzene rings is 3. The summed E-state index contributed by atoms with van der Waals surface area (Å²) < 4.78 is 10.5. The number of aromatic amines is 1. The second-order valence-corrected chi connectivity index (χ2v) is 7.18. The average molecular weight is 452 g/mol. The number of nitrogens with zero attached hydrogens (tertiary/aromatic N) is 1. The summed E-state index contributed by atoms with van der Waals surface area (Å²) in [4.78, 5) is 20.7. The molecule has 0 saturated carbocycles. The monoisotopic (exact) mass is 451 g/mol. The highest BCUT2D eigenvalue weighted by molar-refractivity contribution is 6.33. The summed E-state index contributed by atoms with van der Waals surface area (Å²) in [6, 6.07) is 16.2. The number of fused-ring (bicyclic) bond motifs is 1. The number of aromatic nitrogens is 2. The highest BCUT2D eigenvalue weighted by atomic mass is 35.5. The van der Waals surface area contributed by atoms with Crippen molar-refractivity contribution in [3.63, 3.8) is 0 Å². The van der Waals surface area contributed by atoms with E-state index < -0.39 is 0 Å². The minimum absolute atomic E-state index is 0.241. The number of anilines is 1. The van der Waals surface area contributed by atoms with Crippen molar-refractivity contribution < 1.29 is 14.3 Å². The van der Waals surface area contributed by atoms with Gasteiger partial charge in [0.05, 0.1) is 30.3 Å². The summed E-state index contributed by atoms with van der Waals surface area (Å²) in [7, 11) is 3.11. The zero-order chi connectivity index (χ0) is 23.3. The molecule has 0 aliphatic carbocycles. The van der Waals surface area contributed by atoms with Crippen LogP contribution in [-0.2, 0) is 0 Å². The fraction of sp³-hybridized carbons (Fsp3) is 0.200. The van der Waals surface area contributed by atoms with E-state index in [0.717, 1.165) is 22.2 Å². The number of carbonyl (C=O) groups excluding carboxylic acids is 1. The maximum absolute atomic E-state index is 12.8. The molecule has 4 aromatic rings. The van der Waals surface area contributed by atoms with Crippen LogP contribution in [0, 0.1) is 6.92 Å². The third kappa shape index (κ3) is 4.70. The lowest BCUT2D eigenvalue weighted by molar-refractivity contribution is 0.102. The molecule has 0 saturated heterocycles. The Balaban J connectivity index is 0.00000141. The Hall–Kier alpha value is -3.51. The van der Waals surface area contributed by atoms with Crippen molar-refractivity contribution in [2.24, 2.45) is 0 Å². The summed E-state index contributed by atoms with van der Waals surface area (Å²) in [5, 5.41) is 3.50. The van der Waals surface area contributed by atoms with Gasteiger partial charge in [0.2, 0.25) is 0 Å². The second-order valence-electron chi connectivity index (χ2n) is 6.77. The molecule has 1 heterocycles. The number of methoxy groups -OCH3 is 2. The van der Waals surface area contributed by atoms with Gasteiger partial charge in [0.25, 0.3) is 5.91 Å². The van der Waals surface area contributed by atoms with Crippen molar-refractivity contribution in [3.05, 3.63) is 70.7 Å². The van der Waals surface area contributed by atoms with Crippen molar-refractivity contribution >= 4 is 34.2 Å². The number of halogens is 1. The number of aryl methyl sites for hydroxylation is 1. The second kappa shape index (κ2) is 10.2. The number of hydrogen-bond donors (Lipinski definition) is 2. The van der Waals surface area contributed by atoms with Gasteiger partial charge in [-0.1, -0.05) is 37.6 Å². The van der Waals surface area contributed by atoms with Gasteiger partial charge in [-0.25, -0.2) is 4.98 Å². The van der Waals surface area contributed by atoms with E-state index in [1.165, 1.54) is 0 Å². The number of imidazole rings is 1. The Bertz CT molecular complexity index is 1230. The Kier molecular flexibility index (Phi) is 7.38. The molecule has 0 atom stereocenters. The predicted octanol–water partition coefficient (Wildman–Crippen LogP) is 6.49. The third-order valence-electron chi connectivity index (χ3n) is 4.84. The molecule has 166 valence electrons. The number of H-pyrrole nitrogens is 1. The van der Waals surface area contributed by atoms with Crippen LogP contribution in [0.1, 0.15) is 29.8 Å². The summed E-state index contributed by atoms with van der Waals surface area (Å²) in [5.41, 5.74) is 4.49. The first-order valence-electron chi connectivity index (χ1n) is 10.3. The van der Waals surface area contributed by atoms with Crippen molar-refractivity contribution in [2.75, 3.05) is 19.5 Å². The van der Waals surface area contributed by atoms with E-state index in [4.69, 9.17) is 21.1 Å². The van der Waals surface area contributed by atoms with E-state index in [9.17, 15) is 4.79 Å². The zero-order valence-corrected chi connectivity index (χ0v) is 19.5. The van der Waals surface area contributed by atoms with E-state index in [1.54, 1.807) is 44.6 Å². The maximum atomic E-state index is 12.8. The molecule has 0 unspecified atom stereocenters. The summed E-state index contributed by atoms with van der Waals surface area (Å²) in [5.74, 6) is 1.57. The first-order valence-corrected chi connectivity index (χ1v) is 10.7. The molecule has 0 aliphatic rings. The Morgan fingerprint density at radius 3 is 2.44 bits per heavy atom. The van der Waals surface area contributed by atoms with Crippen LogP contribution in [0.25, 0.3) is 22.4 Å². The van der Waals surface area contributed by atoms with Gasteiger partial charge < -0.3 is 19.8 Å². The number of carbonyl (C=O) groups is 1. The molecule has 6 nitrogen and oxygen atoms in total. The van der Waals surface area contributed by atoms with Crippen molar-refractivity contribution in [2.45, 2.75) is 20.8 Å².